The highest BCUT2D eigenvalue weighted by atomic mass is 32.2. The van der Waals surface area contributed by atoms with Crippen molar-refractivity contribution in [1.82, 2.24) is 14.6 Å². The van der Waals surface area contributed by atoms with Crippen LogP contribution in [0.2, 0.25) is 0 Å². The lowest BCUT2D eigenvalue weighted by Crippen LogP contribution is -2.52. The van der Waals surface area contributed by atoms with Crippen LogP contribution < -0.4 is 10.1 Å². The van der Waals surface area contributed by atoms with Gasteiger partial charge in [-0.25, -0.2) is 8.42 Å². The number of pyridine rings is 1. The summed E-state index contributed by atoms with van der Waals surface area (Å²) in [5.74, 6) is 0.484. The van der Waals surface area contributed by atoms with Crippen molar-refractivity contribution in [3.63, 3.8) is 0 Å². The lowest BCUT2D eigenvalue weighted by Gasteiger charge is -2.38. The summed E-state index contributed by atoms with van der Waals surface area (Å²) in [6.45, 7) is 0. The molecule has 0 radical (unpaired) electrons. The fourth-order valence-corrected chi connectivity index (χ4v) is 6.18. The van der Waals surface area contributed by atoms with E-state index in [2.05, 4.69) is 10.3 Å². The number of ether oxygens (including phenoxy) is 1. The number of hydrogen-bond donors (Lipinski definition) is 1. The molecule has 1 amide bonds. The normalized spacial score (nSPS) is 24.7. The van der Waals surface area contributed by atoms with Crippen molar-refractivity contribution in [2.75, 3.05) is 7.11 Å². The van der Waals surface area contributed by atoms with Gasteiger partial charge in [-0.2, -0.15) is 4.31 Å². The van der Waals surface area contributed by atoms with Gasteiger partial charge in [0.05, 0.1) is 12.0 Å². The number of methoxy groups -OCH3 is 1. The summed E-state index contributed by atoms with van der Waals surface area (Å²) in [5.41, 5.74) is 0.565. The maximum absolute atomic E-state index is 13.2. The third-order valence-electron chi connectivity index (χ3n) is 5.58. The molecule has 1 unspecified atom stereocenters. The van der Waals surface area contributed by atoms with Gasteiger partial charge in [0, 0.05) is 36.1 Å². The Morgan fingerprint density at radius 3 is 2.25 bits per heavy atom. The van der Waals surface area contributed by atoms with E-state index >= 15 is 0 Å². The zero-order chi connectivity index (χ0) is 19.7. The SMILES string of the molecule is COc1ccc(S(=O)(=O)N2[C@@H]3CC[C@H]2CC(NC(=O)c2ccncc2)C3)cc1. The van der Waals surface area contributed by atoms with E-state index in [4.69, 9.17) is 4.74 Å². The molecule has 3 heterocycles. The average molecular weight is 401 g/mol. The van der Waals surface area contributed by atoms with Crippen molar-refractivity contribution in [3.8, 4) is 5.75 Å². The Hall–Kier alpha value is -2.45. The van der Waals surface area contributed by atoms with E-state index in [1.54, 1.807) is 60.2 Å². The average Bonchev–Trinajstić information content (AvgIpc) is 3.01. The summed E-state index contributed by atoms with van der Waals surface area (Å²) >= 11 is 0. The van der Waals surface area contributed by atoms with Crippen LogP contribution in [0.1, 0.15) is 36.0 Å². The lowest BCUT2D eigenvalue weighted by atomic mass is 9.99. The van der Waals surface area contributed by atoms with Crippen LogP contribution in [0.3, 0.4) is 0 Å². The molecule has 3 atom stereocenters. The van der Waals surface area contributed by atoms with Crippen molar-refractivity contribution < 1.29 is 17.9 Å². The molecule has 0 spiro atoms. The Kier molecular flexibility index (Phi) is 5.07. The van der Waals surface area contributed by atoms with Crippen molar-refractivity contribution in [1.29, 1.82) is 0 Å². The van der Waals surface area contributed by atoms with E-state index in [1.807, 2.05) is 0 Å². The Labute approximate surface area is 164 Å². The summed E-state index contributed by atoms with van der Waals surface area (Å²) in [6, 6.07) is 9.64. The lowest BCUT2D eigenvalue weighted by molar-refractivity contribution is 0.0909. The van der Waals surface area contributed by atoms with E-state index in [0.717, 1.165) is 12.8 Å². The Morgan fingerprint density at radius 2 is 1.68 bits per heavy atom. The van der Waals surface area contributed by atoms with Crippen LogP contribution in [-0.4, -0.2) is 48.8 Å². The number of carbonyl (C=O) groups excluding carboxylic acids is 1. The Balaban J connectivity index is 1.48. The third-order valence-corrected chi connectivity index (χ3v) is 7.60. The van der Waals surface area contributed by atoms with Gasteiger partial charge in [-0.3, -0.25) is 9.78 Å². The molecule has 2 saturated heterocycles. The quantitative estimate of drug-likeness (QED) is 0.830. The predicted molar refractivity (Wildman–Crippen MR) is 104 cm³/mol. The zero-order valence-electron chi connectivity index (χ0n) is 15.6. The maximum Gasteiger partial charge on any atom is 0.251 e. The number of aromatic nitrogens is 1. The first-order chi connectivity index (χ1) is 13.5. The van der Waals surface area contributed by atoms with Crippen LogP contribution in [0.5, 0.6) is 5.75 Å². The van der Waals surface area contributed by atoms with Gasteiger partial charge in [-0.05, 0) is 62.1 Å². The Bertz CT molecular complexity index is 933. The van der Waals surface area contributed by atoms with Gasteiger partial charge in [0.1, 0.15) is 5.75 Å². The first kappa shape index (κ1) is 18.9. The van der Waals surface area contributed by atoms with Crippen molar-refractivity contribution >= 4 is 15.9 Å². The van der Waals surface area contributed by atoms with E-state index in [0.29, 0.717) is 24.2 Å². The van der Waals surface area contributed by atoms with Gasteiger partial charge in [-0.1, -0.05) is 0 Å². The molecule has 4 rings (SSSR count). The minimum Gasteiger partial charge on any atom is -0.497 e. The van der Waals surface area contributed by atoms with Crippen LogP contribution in [0, 0.1) is 0 Å². The van der Waals surface area contributed by atoms with Gasteiger partial charge in [0.2, 0.25) is 10.0 Å². The number of sulfonamides is 1. The monoisotopic (exact) mass is 401 g/mol. The fourth-order valence-electron chi connectivity index (χ4n) is 4.29. The smallest absolute Gasteiger partial charge is 0.251 e. The molecule has 2 aliphatic rings. The van der Waals surface area contributed by atoms with Crippen molar-refractivity contribution in [2.45, 2.75) is 48.7 Å². The van der Waals surface area contributed by atoms with Crippen molar-refractivity contribution in [3.05, 3.63) is 54.4 Å². The molecule has 0 aliphatic carbocycles. The second-order valence-electron chi connectivity index (χ2n) is 7.27. The molecule has 28 heavy (non-hydrogen) atoms. The first-order valence-electron chi connectivity index (χ1n) is 9.37. The number of nitrogens with zero attached hydrogens (tertiary/aromatic N) is 2. The Morgan fingerprint density at radius 1 is 1.07 bits per heavy atom. The van der Waals surface area contributed by atoms with Gasteiger partial charge >= 0.3 is 0 Å². The van der Waals surface area contributed by atoms with Gasteiger partial charge in [-0.15, -0.1) is 0 Å². The number of benzene rings is 1. The van der Waals surface area contributed by atoms with E-state index < -0.39 is 10.0 Å². The summed E-state index contributed by atoms with van der Waals surface area (Å²) in [6.07, 6.45) is 6.07. The molecule has 2 fully saturated rings. The van der Waals surface area contributed by atoms with Gasteiger partial charge in [0.15, 0.2) is 0 Å². The molecule has 2 aromatic rings. The third kappa shape index (κ3) is 3.49. The minimum atomic E-state index is -3.57. The standard InChI is InChI=1S/C20H23N3O4S/c1-27-18-4-6-19(7-5-18)28(25,26)23-16-2-3-17(23)13-15(12-16)22-20(24)14-8-10-21-11-9-14/h4-11,15-17H,2-3,12-13H2,1H3,(H,22,24)/t15?,16-,17+. The van der Waals surface area contributed by atoms with Crippen molar-refractivity contribution in [2.24, 2.45) is 0 Å². The minimum absolute atomic E-state index is 0.0273. The number of rotatable bonds is 5. The second kappa shape index (κ2) is 7.52. The number of fused-ring (bicyclic) bond motifs is 2. The number of nitrogens with one attached hydrogen (secondary N) is 1. The van der Waals surface area contributed by atoms with Gasteiger partial charge < -0.3 is 10.1 Å². The van der Waals surface area contributed by atoms with Crippen LogP contribution in [0.15, 0.2) is 53.7 Å². The number of carbonyl (C=O) groups is 1. The molecule has 7 nitrogen and oxygen atoms in total. The summed E-state index contributed by atoms with van der Waals surface area (Å²) in [7, 11) is -2.02. The molecule has 2 aliphatic heterocycles. The molecular weight excluding hydrogens is 378 g/mol. The van der Waals surface area contributed by atoms with E-state index in [9.17, 15) is 13.2 Å². The largest absolute Gasteiger partial charge is 0.497 e. The van der Waals surface area contributed by atoms with E-state index in [1.165, 1.54) is 0 Å². The number of hydrogen-bond acceptors (Lipinski definition) is 5. The molecule has 1 aromatic carbocycles. The first-order valence-corrected chi connectivity index (χ1v) is 10.8. The van der Waals surface area contributed by atoms with Gasteiger partial charge in [0.25, 0.3) is 5.91 Å². The molecule has 1 N–H and O–H groups in total. The number of piperidine rings is 1. The predicted octanol–water partition coefficient (Wildman–Crippen LogP) is 2.20. The fraction of sp³-hybridized carbons (Fsp3) is 0.400. The second-order valence-corrected chi connectivity index (χ2v) is 9.12. The van der Waals surface area contributed by atoms with Crippen LogP contribution >= 0.6 is 0 Å². The van der Waals surface area contributed by atoms with Crippen LogP contribution in [0.25, 0.3) is 0 Å². The van der Waals surface area contributed by atoms with Crippen LogP contribution in [0.4, 0.5) is 0 Å². The molecule has 1 aromatic heterocycles. The molecule has 0 saturated carbocycles. The highest BCUT2D eigenvalue weighted by Crippen LogP contribution is 2.40. The van der Waals surface area contributed by atoms with Crippen LogP contribution in [-0.2, 0) is 10.0 Å². The summed E-state index contributed by atoms with van der Waals surface area (Å²) < 4.78 is 33.2. The molecule has 148 valence electrons. The van der Waals surface area contributed by atoms with E-state index in [-0.39, 0.29) is 28.9 Å². The highest BCUT2D eigenvalue weighted by molar-refractivity contribution is 7.89. The molecule has 8 heteroatoms. The maximum atomic E-state index is 13.2. The molecule has 2 bridgehead atoms. The zero-order valence-corrected chi connectivity index (χ0v) is 16.4. The topological polar surface area (TPSA) is 88.6 Å². The summed E-state index contributed by atoms with van der Waals surface area (Å²) in [4.78, 5) is 16.6. The summed E-state index contributed by atoms with van der Waals surface area (Å²) in [5, 5.41) is 3.06. The number of amides is 1. The highest BCUT2D eigenvalue weighted by Gasteiger charge is 2.47. The molecular formula is C20H23N3O4S.